The van der Waals surface area contributed by atoms with Crippen LogP contribution in [0.25, 0.3) is 5.65 Å². The molecule has 0 bridgehead atoms. The lowest BCUT2D eigenvalue weighted by atomic mass is 10.1. The van der Waals surface area contributed by atoms with E-state index in [-0.39, 0.29) is 17.9 Å². The van der Waals surface area contributed by atoms with E-state index in [2.05, 4.69) is 10.3 Å². The molecule has 0 radical (unpaired) electrons. The Labute approximate surface area is 140 Å². The van der Waals surface area contributed by atoms with Crippen LogP contribution < -0.4 is 11.1 Å². The number of aryl methyl sites for hydroxylation is 1. The first-order valence-electron chi connectivity index (χ1n) is 8.34. The Morgan fingerprint density at radius 1 is 1.42 bits per heavy atom. The van der Waals surface area contributed by atoms with Crippen LogP contribution in [0.2, 0.25) is 0 Å². The van der Waals surface area contributed by atoms with Crippen LogP contribution >= 0.6 is 0 Å². The van der Waals surface area contributed by atoms with Crippen molar-refractivity contribution in [1.29, 1.82) is 0 Å². The van der Waals surface area contributed by atoms with Crippen LogP contribution in [0.4, 0.5) is 0 Å². The van der Waals surface area contributed by atoms with E-state index < -0.39 is 6.04 Å². The number of nitrogens with zero attached hydrogens (tertiary/aromatic N) is 3. The molecule has 3 N–H and O–H groups in total. The molecule has 0 aliphatic carbocycles. The quantitative estimate of drug-likeness (QED) is 0.827. The van der Waals surface area contributed by atoms with E-state index in [1.54, 1.807) is 4.90 Å². The molecule has 24 heavy (non-hydrogen) atoms. The van der Waals surface area contributed by atoms with Crippen LogP contribution in [0, 0.1) is 0 Å². The van der Waals surface area contributed by atoms with Crippen molar-refractivity contribution in [2.24, 2.45) is 5.73 Å². The van der Waals surface area contributed by atoms with Crippen LogP contribution in [0.15, 0.2) is 30.6 Å². The molecule has 0 saturated carbocycles. The minimum absolute atomic E-state index is 0.0451. The molecule has 3 heterocycles. The predicted molar refractivity (Wildman–Crippen MR) is 90.3 cm³/mol. The number of hydrogen-bond donors (Lipinski definition) is 2. The number of likely N-dealkylation sites (tertiary alicyclic amines) is 1. The number of nitrogens with two attached hydrogens (primary N) is 1. The van der Waals surface area contributed by atoms with E-state index in [4.69, 9.17) is 5.73 Å². The van der Waals surface area contributed by atoms with E-state index in [1.165, 1.54) is 0 Å². The predicted octanol–water partition coefficient (Wildman–Crippen LogP) is 0.331. The largest absolute Gasteiger partial charge is 0.355 e. The number of pyridine rings is 1. The molecule has 0 unspecified atom stereocenters. The normalized spacial score (nSPS) is 20.5. The van der Waals surface area contributed by atoms with Crippen LogP contribution in [0.1, 0.15) is 25.5 Å². The first-order chi connectivity index (χ1) is 11.6. The molecular formula is C17H23N5O2. The molecule has 1 fully saturated rings. The number of hydrogen-bond acceptors (Lipinski definition) is 4. The van der Waals surface area contributed by atoms with Crippen molar-refractivity contribution in [1.82, 2.24) is 19.6 Å². The Balaban J connectivity index is 1.63. The molecule has 2 amide bonds. The number of rotatable bonds is 5. The topological polar surface area (TPSA) is 92.7 Å². The van der Waals surface area contributed by atoms with Gasteiger partial charge in [0.15, 0.2) is 0 Å². The average molecular weight is 329 g/mol. The van der Waals surface area contributed by atoms with Crippen molar-refractivity contribution in [3.05, 3.63) is 36.3 Å². The number of fused-ring (bicyclic) bond motifs is 1. The zero-order valence-corrected chi connectivity index (χ0v) is 13.8. The number of imidazole rings is 1. The van der Waals surface area contributed by atoms with Gasteiger partial charge < -0.3 is 20.4 Å². The van der Waals surface area contributed by atoms with E-state index >= 15 is 0 Å². The smallest absolute Gasteiger partial charge is 0.242 e. The number of carbonyl (C=O) groups excluding carboxylic acids is 2. The fourth-order valence-electron chi connectivity index (χ4n) is 3.17. The first-order valence-corrected chi connectivity index (χ1v) is 8.34. The zero-order valence-electron chi connectivity index (χ0n) is 13.8. The van der Waals surface area contributed by atoms with E-state index in [0.717, 1.165) is 11.3 Å². The zero-order chi connectivity index (χ0) is 17.1. The molecule has 7 heteroatoms. The maximum Gasteiger partial charge on any atom is 0.242 e. The van der Waals surface area contributed by atoms with Crippen LogP contribution in [-0.2, 0) is 16.0 Å². The molecule has 128 valence electrons. The van der Waals surface area contributed by atoms with Crippen LogP contribution in [0.5, 0.6) is 0 Å². The Kier molecular flexibility index (Phi) is 4.80. The number of aromatic nitrogens is 2. The summed E-state index contributed by atoms with van der Waals surface area (Å²) in [5.41, 5.74) is 7.69. The molecule has 2 aromatic rings. The van der Waals surface area contributed by atoms with Crippen molar-refractivity contribution in [3.63, 3.8) is 0 Å². The van der Waals surface area contributed by atoms with Crippen molar-refractivity contribution >= 4 is 17.5 Å². The number of carbonyl (C=O) groups is 2. The Morgan fingerprint density at radius 2 is 2.25 bits per heavy atom. The average Bonchev–Trinajstić information content (AvgIpc) is 3.15. The highest BCUT2D eigenvalue weighted by Gasteiger charge is 2.37. The molecule has 2 aromatic heterocycles. The van der Waals surface area contributed by atoms with Gasteiger partial charge in [-0.25, -0.2) is 4.98 Å². The molecule has 2 atom stereocenters. The van der Waals surface area contributed by atoms with Crippen molar-refractivity contribution < 1.29 is 9.59 Å². The molecule has 1 aliphatic heterocycles. The second-order valence-electron chi connectivity index (χ2n) is 6.15. The van der Waals surface area contributed by atoms with Crippen molar-refractivity contribution in [2.75, 3.05) is 13.1 Å². The van der Waals surface area contributed by atoms with Crippen molar-refractivity contribution in [3.8, 4) is 0 Å². The second-order valence-corrected chi connectivity index (χ2v) is 6.15. The third-order valence-electron chi connectivity index (χ3n) is 4.32. The fraction of sp³-hybridized carbons (Fsp3) is 0.471. The molecule has 1 aliphatic rings. The Hall–Kier alpha value is -2.41. The summed E-state index contributed by atoms with van der Waals surface area (Å²) in [6.45, 7) is 2.85. The lowest BCUT2D eigenvalue weighted by Crippen LogP contribution is -2.46. The van der Waals surface area contributed by atoms with E-state index in [0.29, 0.717) is 32.4 Å². The summed E-state index contributed by atoms with van der Waals surface area (Å²) in [4.78, 5) is 30.8. The SMILES string of the molecule is CCNC(=O)[C@@H]1C[C@H](N)CN1C(=O)CCc1cn2ccccc2n1. The van der Waals surface area contributed by atoms with Gasteiger partial charge in [0.2, 0.25) is 11.8 Å². The molecule has 3 rings (SSSR count). The molecule has 0 aromatic carbocycles. The third kappa shape index (κ3) is 3.41. The summed E-state index contributed by atoms with van der Waals surface area (Å²) in [6.07, 6.45) is 5.25. The second kappa shape index (κ2) is 7.00. The minimum atomic E-state index is -0.450. The van der Waals surface area contributed by atoms with Crippen molar-refractivity contribution in [2.45, 2.75) is 38.3 Å². The molecular weight excluding hydrogens is 306 g/mol. The third-order valence-corrected chi connectivity index (χ3v) is 4.32. The first kappa shape index (κ1) is 16.4. The monoisotopic (exact) mass is 329 g/mol. The minimum Gasteiger partial charge on any atom is -0.355 e. The van der Waals surface area contributed by atoms with Gasteiger partial charge in [-0.1, -0.05) is 6.07 Å². The molecule has 1 saturated heterocycles. The summed E-state index contributed by atoms with van der Waals surface area (Å²) in [5.74, 6) is -0.164. The Bertz CT molecular complexity index is 708. The highest BCUT2D eigenvalue weighted by atomic mass is 16.2. The van der Waals surface area contributed by atoms with Gasteiger partial charge in [0.1, 0.15) is 11.7 Å². The standard InChI is InChI=1S/C17H23N5O2/c1-2-19-17(24)14-9-12(18)10-22(14)16(23)7-6-13-11-21-8-4-3-5-15(21)20-13/h3-5,8,11-12,14H,2,6-7,9-10,18H2,1H3,(H,19,24)/t12-,14-/m0/s1. The highest BCUT2D eigenvalue weighted by Crippen LogP contribution is 2.19. The van der Waals surface area contributed by atoms with E-state index in [1.807, 2.05) is 41.9 Å². The lowest BCUT2D eigenvalue weighted by Gasteiger charge is -2.23. The van der Waals surface area contributed by atoms with Gasteiger partial charge >= 0.3 is 0 Å². The van der Waals surface area contributed by atoms with Gasteiger partial charge in [0.05, 0.1) is 5.69 Å². The van der Waals surface area contributed by atoms with Gasteiger partial charge in [-0.05, 0) is 31.9 Å². The summed E-state index contributed by atoms with van der Waals surface area (Å²) in [5, 5.41) is 2.78. The van der Waals surface area contributed by atoms with Crippen LogP contribution in [-0.4, -0.2) is 51.3 Å². The maximum atomic E-state index is 12.6. The summed E-state index contributed by atoms with van der Waals surface area (Å²) in [7, 11) is 0. The summed E-state index contributed by atoms with van der Waals surface area (Å²) >= 11 is 0. The molecule has 7 nitrogen and oxygen atoms in total. The van der Waals surface area contributed by atoms with Gasteiger partial charge in [0.25, 0.3) is 0 Å². The lowest BCUT2D eigenvalue weighted by molar-refractivity contribution is -0.138. The maximum absolute atomic E-state index is 12.6. The van der Waals surface area contributed by atoms with E-state index in [9.17, 15) is 9.59 Å². The van der Waals surface area contributed by atoms with Gasteiger partial charge in [-0.15, -0.1) is 0 Å². The highest BCUT2D eigenvalue weighted by molar-refractivity contribution is 5.88. The van der Waals surface area contributed by atoms with Gasteiger partial charge in [-0.3, -0.25) is 9.59 Å². The summed E-state index contributed by atoms with van der Waals surface area (Å²) < 4.78 is 1.93. The number of amides is 2. The van der Waals surface area contributed by atoms with Gasteiger partial charge in [-0.2, -0.15) is 0 Å². The van der Waals surface area contributed by atoms with Crippen LogP contribution in [0.3, 0.4) is 0 Å². The number of nitrogens with one attached hydrogen (secondary N) is 1. The molecule has 0 spiro atoms. The number of likely N-dealkylation sites (N-methyl/N-ethyl adjacent to an activating group) is 1. The fourth-order valence-corrected chi connectivity index (χ4v) is 3.17. The summed E-state index contributed by atoms with van der Waals surface area (Å²) in [6, 6.07) is 5.20. The Morgan fingerprint density at radius 3 is 3.00 bits per heavy atom. The van der Waals surface area contributed by atoms with Gasteiger partial charge in [0, 0.05) is 37.9 Å².